The van der Waals surface area contributed by atoms with E-state index in [0.29, 0.717) is 33.7 Å². The lowest BCUT2D eigenvalue weighted by Gasteiger charge is -2.11. The molecule has 0 fully saturated rings. The van der Waals surface area contributed by atoms with Crippen molar-refractivity contribution in [3.63, 3.8) is 0 Å². The molecule has 6 nitrogen and oxygen atoms in total. The number of aromatic hydroxyl groups is 1. The summed E-state index contributed by atoms with van der Waals surface area (Å²) in [7, 11) is 4.04. The summed E-state index contributed by atoms with van der Waals surface area (Å²) in [6.07, 6.45) is 0. The molecule has 0 unspecified atom stereocenters. The summed E-state index contributed by atoms with van der Waals surface area (Å²) in [5.74, 6) is 0.808. The first-order chi connectivity index (χ1) is 15.5. The van der Waals surface area contributed by atoms with E-state index in [1.807, 2.05) is 56.6 Å². The number of ether oxygens (including phenoxy) is 2. The van der Waals surface area contributed by atoms with Gasteiger partial charge < -0.3 is 24.5 Å². The van der Waals surface area contributed by atoms with E-state index in [0.717, 1.165) is 17.8 Å². The van der Waals surface area contributed by atoms with Crippen molar-refractivity contribution < 1.29 is 19.0 Å². The lowest BCUT2D eigenvalue weighted by molar-refractivity contribution is 0.174. The molecule has 2 N–H and O–H groups in total. The van der Waals surface area contributed by atoms with Crippen molar-refractivity contribution >= 4 is 22.3 Å². The minimum atomic E-state index is -0.386. The maximum atomic E-state index is 13.8. The van der Waals surface area contributed by atoms with Crippen LogP contribution in [0.3, 0.4) is 0 Å². The van der Waals surface area contributed by atoms with Gasteiger partial charge in [-0.15, -0.1) is 0 Å². The van der Waals surface area contributed by atoms with Crippen LogP contribution in [0, 0.1) is 5.82 Å². The Morgan fingerprint density at radius 2 is 1.81 bits per heavy atom. The molecule has 0 saturated heterocycles. The summed E-state index contributed by atoms with van der Waals surface area (Å²) in [5.41, 5.74) is 4.18. The lowest BCUT2D eigenvalue weighted by atomic mass is 10.00. The highest BCUT2D eigenvalue weighted by atomic mass is 19.1. The quantitative estimate of drug-likeness (QED) is 0.438. The van der Waals surface area contributed by atoms with Gasteiger partial charge in [-0.1, -0.05) is 12.1 Å². The zero-order valence-electron chi connectivity index (χ0n) is 17.7. The minimum absolute atomic E-state index is 0.0776. The topological polar surface area (TPSA) is 70.1 Å². The molecule has 0 spiro atoms. The number of hydrogen-bond acceptors (Lipinski definition) is 5. The molecule has 2 heterocycles. The SMILES string of the molecule is CN(C)Cc1ccc(N=C(c2ccc3c(c2)OCO3)c2c(O)[nH]c3cc(F)ccc23)cc1. The van der Waals surface area contributed by atoms with Crippen LogP contribution in [0.5, 0.6) is 17.4 Å². The molecular formula is C25H22FN3O3. The number of nitrogens with one attached hydrogen (secondary N) is 1. The van der Waals surface area contributed by atoms with Gasteiger partial charge in [0.2, 0.25) is 6.79 Å². The molecular weight excluding hydrogens is 409 g/mol. The highest BCUT2D eigenvalue weighted by Gasteiger charge is 2.22. The van der Waals surface area contributed by atoms with Crippen molar-refractivity contribution in [3.8, 4) is 17.4 Å². The van der Waals surface area contributed by atoms with Gasteiger partial charge in [0.15, 0.2) is 17.4 Å². The van der Waals surface area contributed by atoms with Crippen LogP contribution in [-0.4, -0.2) is 41.6 Å². The number of rotatable bonds is 5. The second kappa shape index (κ2) is 8.01. The number of fused-ring (bicyclic) bond motifs is 2. The Hall–Kier alpha value is -3.84. The number of nitrogens with zero attached hydrogens (tertiary/aromatic N) is 2. The van der Waals surface area contributed by atoms with Gasteiger partial charge in [-0.3, -0.25) is 0 Å². The van der Waals surface area contributed by atoms with Crippen molar-refractivity contribution in [2.75, 3.05) is 20.9 Å². The van der Waals surface area contributed by atoms with Crippen LogP contribution >= 0.6 is 0 Å². The van der Waals surface area contributed by atoms with E-state index < -0.39 is 0 Å². The predicted octanol–water partition coefficient (Wildman–Crippen LogP) is 4.97. The van der Waals surface area contributed by atoms with Gasteiger partial charge in [-0.2, -0.15) is 0 Å². The average Bonchev–Trinajstić information content (AvgIpc) is 3.35. The van der Waals surface area contributed by atoms with Crippen LogP contribution in [0.1, 0.15) is 16.7 Å². The molecule has 0 aliphatic carbocycles. The first-order valence-electron chi connectivity index (χ1n) is 10.2. The number of halogens is 1. The van der Waals surface area contributed by atoms with Gasteiger partial charge in [0.05, 0.1) is 22.5 Å². The van der Waals surface area contributed by atoms with Crippen LogP contribution < -0.4 is 9.47 Å². The second-order valence-corrected chi connectivity index (χ2v) is 7.97. The molecule has 0 bridgehead atoms. The van der Waals surface area contributed by atoms with Crippen molar-refractivity contribution in [1.82, 2.24) is 9.88 Å². The molecule has 0 atom stereocenters. The zero-order chi connectivity index (χ0) is 22.2. The third-order valence-electron chi connectivity index (χ3n) is 5.30. The van der Waals surface area contributed by atoms with E-state index in [9.17, 15) is 9.50 Å². The number of aliphatic imine (C=N–C) groups is 1. The molecule has 0 amide bonds. The van der Waals surface area contributed by atoms with Crippen molar-refractivity contribution in [2.24, 2.45) is 4.99 Å². The molecule has 1 aliphatic heterocycles. The largest absolute Gasteiger partial charge is 0.494 e. The Morgan fingerprint density at radius 3 is 2.59 bits per heavy atom. The van der Waals surface area contributed by atoms with Crippen LogP contribution in [0.25, 0.3) is 10.9 Å². The predicted molar refractivity (Wildman–Crippen MR) is 122 cm³/mol. The molecule has 0 radical (unpaired) electrons. The standard InChI is InChI=1S/C25H22FN3O3/c1-29(2)13-15-3-7-18(8-4-15)27-24(16-5-10-21-22(11-16)32-14-31-21)23-19-9-6-17(26)12-20(19)28-25(23)30/h3-12,28,30H,13-14H2,1-2H3. The summed E-state index contributed by atoms with van der Waals surface area (Å²) >= 11 is 0. The molecule has 3 aromatic carbocycles. The van der Waals surface area contributed by atoms with Crippen molar-refractivity contribution in [2.45, 2.75) is 6.54 Å². The number of H-pyrrole nitrogens is 1. The maximum absolute atomic E-state index is 13.8. The normalized spacial score (nSPS) is 13.3. The van der Waals surface area contributed by atoms with Gasteiger partial charge in [0.25, 0.3) is 0 Å². The van der Waals surface area contributed by atoms with Gasteiger partial charge in [-0.25, -0.2) is 9.38 Å². The monoisotopic (exact) mass is 431 g/mol. The number of aromatic amines is 1. The van der Waals surface area contributed by atoms with Gasteiger partial charge in [0.1, 0.15) is 5.82 Å². The van der Waals surface area contributed by atoms with E-state index in [1.165, 1.54) is 17.7 Å². The summed E-state index contributed by atoms with van der Waals surface area (Å²) < 4.78 is 24.7. The lowest BCUT2D eigenvalue weighted by Crippen LogP contribution is -2.10. The zero-order valence-corrected chi connectivity index (χ0v) is 17.7. The van der Waals surface area contributed by atoms with E-state index >= 15 is 0 Å². The fraction of sp³-hybridized carbons (Fsp3) is 0.160. The van der Waals surface area contributed by atoms with Crippen LogP contribution in [0.4, 0.5) is 10.1 Å². The first-order valence-corrected chi connectivity index (χ1v) is 10.2. The van der Waals surface area contributed by atoms with Crippen LogP contribution in [-0.2, 0) is 6.54 Å². The Balaban J connectivity index is 1.67. The third kappa shape index (κ3) is 3.78. The average molecular weight is 431 g/mol. The minimum Gasteiger partial charge on any atom is -0.494 e. The highest BCUT2D eigenvalue weighted by Crippen LogP contribution is 2.36. The molecule has 1 aromatic heterocycles. The Morgan fingerprint density at radius 1 is 1.03 bits per heavy atom. The van der Waals surface area contributed by atoms with E-state index in [1.54, 1.807) is 6.07 Å². The second-order valence-electron chi connectivity index (χ2n) is 7.97. The number of aromatic nitrogens is 1. The van der Waals surface area contributed by atoms with Crippen LogP contribution in [0.2, 0.25) is 0 Å². The summed E-state index contributed by atoms with van der Waals surface area (Å²) in [5, 5.41) is 11.4. The smallest absolute Gasteiger partial charge is 0.231 e. The van der Waals surface area contributed by atoms with E-state index in [2.05, 4.69) is 9.88 Å². The molecule has 1 aliphatic rings. The van der Waals surface area contributed by atoms with Gasteiger partial charge >= 0.3 is 0 Å². The molecule has 4 aromatic rings. The highest BCUT2D eigenvalue weighted by molar-refractivity contribution is 6.22. The maximum Gasteiger partial charge on any atom is 0.231 e. The van der Waals surface area contributed by atoms with Gasteiger partial charge in [0, 0.05) is 17.5 Å². The first kappa shape index (κ1) is 20.1. The molecule has 5 rings (SSSR count). The molecule has 32 heavy (non-hydrogen) atoms. The summed E-state index contributed by atoms with van der Waals surface area (Å²) in [6, 6.07) is 17.8. The van der Waals surface area contributed by atoms with E-state index in [4.69, 9.17) is 14.5 Å². The fourth-order valence-corrected chi connectivity index (χ4v) is 3.87. The summed E-state index contributed by atoms with van der Waals surface area (Å²) in [6.45, 7) is 0.990. The Bertz CT molecular complexity index is 1330. The Labute approximate surface area is 184 Å². The molecule has 162 valence electrons. The number of hydrogen-bond donors (Lipinski definition) is 2. The van der Waals surface area contributed by atoms with Crippen LogP contribution in [0.15, 0.2) is 65.7 Å². The Kier molecular flexibility index (Phi) is 5.03. The van der Waals surface area contributed by atoms with Crippen molar-refractivity contribution in [1.29, 1.82) is 0 Å². The van der Waals surface area contributed by atoms with Gasteiger partial charge in [-0.05, 0) is 68.2 Å². The fourth-order valence-electron chi connectivity index (χ4n) is 3.87. The summed E-state index contributed by atoms with van der Waals surface area (Å²) in [4.78, 5) is 9.84. The third-order valence-corrected chi connectivity index (χ3v) is 5.30. The van der Waals surface area contributed by atoms with E-state index in [-0.39, 0.29) is 18.5 Å². The number of benzene rings is 3. The molecule has 7 heteroatoms. The molecule has 0 saturated carbocycles. The van der Waals surface area contributed by atoms with Crippen molar-refractivity contribution in [3.05, 3.63) is 83.2 Å².